The number of halogens is 2. The maximum Gasteiger partial charge on any atom is -1.00 e. The summed E-state index contributed by atoms with van der Waals surface area (Å²) in [6.45, 7) is 20.7. The monoisotopic (exact) mass is 628 g/mol. The summed E-state index contributed by atoms with van der Waals surface area (Å²) in [7, 11) is 0. The van der Waals surface area contributed by atoms with Crippen LogP contribution >= 0.6 is 0 Å². The van der Waals surface area contributed by atoms with Crippen molar-refractivity contribution in [2.24, 2.45) is 0 Å². The Hall–Kier alpha value is 0.674. The van der Waals surface area contributed by atoms with E-state index in [0.29, 0.717) is 0 Å². The Bertz CT molecular complexity index is 664. The molecular weight excluding hydrogens is 594 g/mol. The van der Waals surface area contributed by atoms with Crippen LogP contribution in [0.25, 0.3) is 0 Å². The molecule has 0 N–H and O–H groups in total. The fourth-order valence-electron chi connectivity index (χ4n) is 2.93. The van der Waals surface area contributed by atoms with Gasteiger partial charge in [-0.2, -0.15) is 0 Å². The number of benzene rings is 1. The standard InChI is InChI=1S/C18H30O.C5H5.2HI.Ti/c1-16(2,3)12-10-13(17(4,5)6)15(19)14(11-12)18(7,8)9;1-2-4-5-3-1;;;/h10-11,19H,1-9H3;1-3H,4H2;2*1H;/q;;;;+3/p-3. The summed E-state index contributed by atoms with van der Waals surface area (Å²) in [5, 5.41) is 0. The summed E-state index contributed by atoms with van der Waals surface area (Å²) < 4.78 is 8.06. The van der Waals surface area contributed by atoms with Gasteiger partial charge in [0.05, 0.1) is 0 Å². The zero-order valence-electron chi connectivity index (χ0n) is 18.3. The van der Waals surface area contributed by atoms with Crippen LogP contribution < -0.4 is 51.3 Å². The molecule has 1 aliphatic rings. The molecule has 0 radical (unpaired) electrons. The van der Waals surface area contributed by atoms with Gasteiger partial charge in [-0.25, -0.2) is 0 Å². The van der Waals surface area contributed by atoms with E-state index in [4.69, 9.17) is 3.32 Å². The second-order valence-corrected chi connectivity index (χ2v) is 11.8. The van der Waals surface area contributed by atoms with Gasteiger partial charge in [-0.1, -0.05) is 0 Å². The smallest absolute Gasteiger partial charge is 1.00 e. The number of hydrogen-bond acceptors (Lipinski definition) is 1. The van der Waals surface area contributed by atoms with Crippen LogP contribution in [0.4, 0.5) is 0 Å². The van der Waals surface area contributed by atoms with E-state index >= 15 is 0 Å². The van der Waals surface area contributed by atoms with Crippen molar-refractivity contribution in [2.75, 3.05) is 0 Å². The average molecular weight is 628 g/mol. The molecule has 1 aromatic carbocycles. The van der Waals surface area contributed by atoms with E-state index in [0.717, 1.165) is 12.2 Å². The number of hydrogen-bond donors (Lipinski definition) is 0. The van der Waals surface area contributed by atoms with Crippen LogP contribution in [-0.2, 0) is 35.8 Å². The molecule has 0 aliphatic heterocycles. The molecule has 0 saturated carbocycles. The summed E-state index contributed by atoms with van der Waals surface area (Å²) in [6.07, 6.45) is 7.67. The summed E-state index contributed by atoms with van der Waals surface area (Å²) in [5.41, 5.74) is 4.35. The Balaban J connectivity index is 0.00000338. The molecule has 0 spiro atoms. The molecule has 0 bridgehead atoms. The molecule has 0 heterocycles. The van der Waals surface area contributed by atoms with Crippen molar-refractivity contribution in [2.45, 2.75) is 85.0 Å². The van der Waals surface area contributed by atoms with Gasteiger partial charge in [0.1, 0.15) is 0 Å². The molecule has 4 heteroatoms. The average Bonchev–Trinajstić information content (AvgIpc) is 2.94. The van der Waals surface area contributed by atoms with Gasteiger partial charge in [0, 0.05) is 0 Å². The van der Waals surface area contributed by atoms with Gasteiger partial charge >= 0.3 is 165 Å². The van der Waals surface area contributed by atoms with Crippen LogP contribution in [0.2, 0.25) is 0 Å². The molecule has 0 atom stereocenters. The van der Waals surface area contributed by atoms with Crippen molar-refractivity contribution < 1.29 is 70.8 Å². The van der Waals surface area contributed by atoms with E-state index < -0.39 is 19.5 Å². The second kappa shape index (κ2) is 10.1. The first kappa shape index (κ1) is 27.7. The molecular formula is C23H34I2OTi. The van der Waals surface area contributed by atoms with E-state index in [2.05, 4.69) is 92.7 Å². The third kappa shape index (κ3) is 7.45. The number of rotatable bonds is 3. The third-order valence-electron chi connectivity index (χ3n) is 4.63. The zero-order chi connectivity index (χ0) is 19.0. The zero-order valence-corrected chi connectivity index (χ0v) is 24.1. The van der Waals surface area contributed by atoms with Gasteiger partial charge in [0.2, 0.25) is 0 Å². The minimum Gasteiger partial charge on any atom is -1.00 e. The van der Waals surface area contributed by atoms with Gasteiger partial charge in [-0.15, -0.1) is 0 Å². The van der Waals surface area contributed by atoms with E-state index in [-0.39, 0.29) is 64.2 Å². The first-order valence-electron chi connectivity index (χ1n) is 9.28. The fourth-order valence-corrected chi connectivity index (χ4v) is 4.20. The third-order valence-corrected chi connectivity index (χ3v) is 6.09. The minimum atomic E-state index is -0.578. The predicted molar refractivity (Wildman–Crippen MR) is 105 cm³/mol. The molecule has 1 aliphatic carbocycles. The molecule has 2 rings (SSSR count). The van der Waals surface area contributed by atoms with E-state index in [1.807, 2.05) is 0 Å². The molecule has 1 nitrogen and oxygen atoms in total. The quantitative estimate of drug-likeness (QED) is 0.356. The van der Waals surface area contributed by atoms with Gasteiger partial charge in [0.25, 0.3) is 0 Å². The Morgan fingerprint density at radius 1 is 0.778 bits per heavy atom. The Labute approximate surface area is 210 Å². The van der Waals surface area contributed by atoms with Crippen molar-refractivity contribution in [3.8, 4) is 5.75 Å². The summed E-state index contributed by atoms with van der Waals surface area (Å²) in [4.78, 5) is 0. The topological polar surface area (TPSA) is 9.23 Å². The maximum absolute atomic E-state index is 6.59. The van der Waals surface area contributed by atoms with Gasteiger partial charge in [-0.3, -0.25) is 0 Å². The van der Waals surface area contributed by atoms with Gasteiger partial charge in [-0.05, 0) is 0 Å². The number of allylic oxidation sites excluding steroid dienone is 4. The van der Waals surface area contributed by atoms with Crippen molar-refractivity contribution in [3.05, 3.63) is 50.9 Å². The normalized spacial score (nSPS) is 14.0. The molecule has 150 valence electrons. The Kier molecular flexibility index (Phi) is 10.4. The van der Waals surface area contributed by atoms with Crippen molar-refractivity contribution in [1.82, 2.24) is 0 Å². The van der Waals surface area contributed by atoms with E-state index in [1.165, 1.54) is 20.6 Å². The maximum atomic E-state index is 6.59. The van der Waals surface area contributed by atoms with Crippen molar-refractivity contribution in [3.63, 3.8) is 0 Å². The van der Waals surface area contributed by atoms with Crippen LogP contribution in [-0.4, -0.2) is 0 Å². The molecule has 0 amide bonds. The second-order valence-electron chi connectivity index (χ2n) is 10.2. The minimum absolute atomic E-state index is 0. The van der Waals surface area contributed by atoms with Crippen LogP contribution in [0.15, 0.2) is 34.2 Å². The largest absolute Gasteiger partial charge is 1.00 e. The van der Waals surface area contributed by atoms with E-state index in [1.54, 1.807) is 0 Å². The van der Waals surface area contributed by atoms with Gasteiger partial charge in [0.15, 0.2) is 0 Å². The van der Waals surface area contributed by atoms with Crippen LogP contribution in [0.3, 0.4) is 0 Å². The molecule has 0 unspecified atom stereocenters. The van der Waals surface area contributed by atoms with E-state index in [9.17, 15) is 0 Å². The summed E-state index contributed by atoms with van der Waals surface area (Å²) in [6, 6.07) is 4.77. The Morgan fingerprint density at radius 3 is 1.59 bits per heavy atom. The Morgan fingerprint density at radius 2 is 1.26 bits per heavy atom. The molecule has 27 heavy (non-hydrogen) atoms. The molecule has 0 aromatic heterocycles. The first-order chi connectivity index (χ1) is 11.3. The summed E-state index contributed by atoms with van der Waals surface area (Å²) >= 11 is -0.578. The predicted octanol–water partition coefficient (Wildman–Crippen LogP) is 0.807. The van der Waals surface area contributed by atoms with Crippen LogP contribution in [0, 0.1) is 0 Å². The van der Waals surface area contributed by atoms with Crippen LogP contribution in [0.1, 0.15) is 85.4 Å². The first-order valence-corrected chi connectivity index (χ1v) is 10.7. The molecule has 0 saturated heterocycles. The van der Waals surface area contributed by atoms with Gasteiger partial charge < -0.3 is 48.0 Å². The molecule has 1 aromatic rings. The van der Waals surface area contributed by atoms with Crippen LogP contribution in [0.5, 0.6) is 5.75 Å². The van der Waals surface area contributed by atoms with Crippen molar-refractivity contribution in [1.29, 1.82) is 0 Å². The molecule has 0 fully saturated rings. The SMILES string of the molecule is CC(C)(C)c1cc(C(C)(C)C)c([O][Ti+2][C]2=CC=CC2)c(C(C)(C)C)c1.[I-].[I-]. The summed E-state index contributed by atoms with van der Waals surface area (Å²) in [5.74, 6) is 1.14. The fraction of sp³-hybridized carbons (Fsp3) is 0.565. The van der Waals surface area contributed by atoms with Crippen molar-refractivity contribution >= 4 is 0 Å².